The molecular weight excluding hydrogens is 410 g/mol. The van der Waals surface area contributed by atoms with Gasteiger partial charge in [0.2, 0.25) is 0 Å². The van der Waals surface area contributed by atoms with Crippen molar-refractivity contribution in [3.8, 4) is 11.8 Å². The van der Waals surface area contributed by atoms with Crippen molar-refractivity contribution >= 4 is 0 Å². The maximum absolute atomic E-state index is 14.4. The van der Waals surface area contributed by atoms with E-state index >= 15 is 0 Å². The summed E-state index contributed by atoms with van der Waals surface area (Å²) in [5.41, 5.74) is 2.69. The molecule has 0 aromatic heterocycles. The van der Waals surface area contributed by atoms with Crippen molar-refractivity contribution in [1.29, 1.82) is 0 Å². The number of aryl methyl sites for hydroxylation is 1. The number of rotatable bonds is 5. The van der Waals surface area contributed by atoms with Crippen LogP contribution in [0.2, 0.25) is 0 Å². The Balaban J connectivity index is 1.40. The van der Waals surface area contributed by atoms with Crippen LogP contribution in [0.25, 0.3) is 0 Å². The Hall–Kier alpha value is -2.66. The molecule has 2 aliphatic carbocycles. The second-order valence-electron chi connectivity index (χ2n) is 9.73. The Kier molecular flexibility index (Phi) is 7.81. The zero-order valence-electron chi connectivity index (χ0n) is 19.6. The summed E-state index contributed by atoms with van der Waals surface area (Å²) in [5, 5.41) is 0. The second kappa shape index (κ2) is 11.0. The fraction of sp³-hybridized carbons (Fsp3) is 0.419. The van der Waals surface area contributed by atoms with Gasteiger partial charge in [-0.25, -0.2) is 8.78 Å². The molecule has 4 atom stereocenters. The van der Waals surface area contributed by atoms with Gasteiger partial charge in [-0.05, 0) is 111 Å². The predicted molar refractivity (Wildman–Crippen MR) is 133 cm³/mol. The summed E-state index contributed by atoms with van der Waals surface area (Å²) >= 11 is 0. The molecule has 2 aromatic rings. The van der Waals surface area contributed by atoms with Gasteiger partial charge in [0.05, 0.1) is 5.56 Å². The molecule has 0 N–H and O–H groups in total. The van der Waals surface area contributed by atoms with Gasteiger partial charge in [-0.3, -0.25) is 0 Å². The van der Waals surface area contributed by atoms with Crippen molar-refractivity contribution in [1.82, 2.24) is 0 Å². The molecule has 0 aliphatic heterocycles. The van der Waals surface area contributed by atoms with Crippen molar-refractivity contribution in [2.24, 2.45) is 17.8 Å². The minimum Gasteiger partial charge on any atom is -0.203 e. The first-order chi connectivity index (χ1) is 16.1. The minimum atomic E-state index is -0.860. The first-order valence-corrected chi connectivity index (χ1v) is 12.4. The van der Waals surface area contributed by atoms with Crippen LogP contribution in [0.4, 0.5) is 8.78 Å². The van der Waals surface area contributed by atoms with E-state index in [4.69, 9.17) is 0 Å². The minimum absolute atomic E-state index is 0.103. The molecule has 33 heavy (non-hydrogen) atoms. The lowest BCUT2D eigenvalue weighted by atomic mass is 9.64. The highest BCUT2D eigenvalue weighted by atomic mass is 19.2. The lowest BCUT2D eigenvalue weighted by Gasteiger charge is -2.41. The average Bonchev–Trinajstić information content (AvgIpc) is 2.84. The summed E-state index contributed by atoms with van der Waals surface area (Å²) in [6, 6.07) is 11.6. The molecule has 4 unspecified atom stereocenters. The molecule has 2 aliphatic rings. The van der Waals surface area contributed by atoms with Crippen LogP contribution in [0, 0.1) is 41.2 Å². The third kappa shape index (κ3) is 5.64. The Bertz CT molecular complexity index is 1050. The van der Waals surface area contributed by atoms with E-state index in [1.807, 2.05) is 12.1 Å². The maximum Gasteiger partial charge on any atom is 0.174 e. The van der Waals surface area contributed by atoms with E-state index in [0.717, 1.165) is 23.3 Å². The molecule has 172 valence electrons. The summed E-state index contributed by atoms with van der Waals surface area (Å²) in [4.78, 5) is 0. The standard InChI is InChI=1S/C31H34F2/c1-3-5-7-25-16-17-26(31(33)30(25)32)14-10-22-8-12-24(13-9-22)28-19-18-27-20-23(6-4-2)11-15-29(27)21-28/h3-4,6,8-9,12-13,16-17,23,27-29H,1,5,7,11,15,18-21H2,2H3/b6-4+. The molecule has 2 aromatic carbocycles. The predicted octanol–water partition coefficient (Wildman–Crippen LogP) is 8.36. The Morgan fingerprint density at radius 2 is 1.67 bits per heavy atom. The molecule has 0 radical (unpaired) electrons. The quantitative estimate of drug-likeness (QED) is 0.321. The number of hydrogen-bond acceptors (Lipinski definition) is 0. The molecule has 0 heterocycles. The van der Waals surface area contributed by atoms with E-state index in [9.17, 15) is 8.78 Å². The van der Waals surface area contributed by atoms with Gasteiger partial charge in [-0.15, -0.1) is 6.58 Å². The van der Waals surface area contributed by atoms with Gasteiger partial charge in [-0.2, -0.15) is 0 Å². The average molecular weight is 445 g/mol. The highest BCUT2D eigenvalue weighted by molar-refractivity contribution is 5.45. The van der Waals surface area contributed by atoms with Gasteiger partial charge in [0, 0.05) is 5.56 Å². The molecule has 0 saturated heterocycles. The van der Waals surface area contributed by atoms with Crippen LogP contribution in [-0.4, -0.2) is 0 Å². The zero-order valence-corrected chi connectivity index (χ0v) is 19.6. The molecule has 2 heteroatoms. The molecule has 0 spiro atoms. The Morgan fingerprint density at radius 1 is 0.909 bits per heavy atom. The Morgan fingerprint density at radius 3 is 2.42 bits per heavy atom. The molecular formula is C31H34F2. The number of fused-ring (bicyclic) bond motifs is 1. The Labute approximate surface area is 197 Å². The van der Waals surface area contributed by atoms with Gasteiger partial charge in [0.25, 0.3) is 0 Å². The van der Waals surface area contributed by atoms with Gasteiger partial charge in [0.1, 0.15) is 0 Å². The van der Waals surface area contributed by atoms with Crippen molar-refractivity contribution in [2.75, 3.05) is 0 Å². The lowest BCUT2D eigenvalue weighted by molar-refractivity contribution is 0.133. The summed E-state index contributed by atoms with van der Waals surface area (Å²) < 4.78 is 28.7. The molecule has 2 fully saturated rings. The highest BCUT2D eigenvalue weighted by Crippen LogP contribution is 2.47. The van der Waals surface area contributed by atoms with E-state index in [1.165, 1.54) is 44.1 Å². The van der Waals surface area contributed by atoms with Crippen LogP contribution < -0.4 is 0 Å². The SMILES string of the molecule is C=CCCc1ccc(C#Cc2ccc(C3CCC4CC(/C=C/C)CCC4C3)cc2)c(F)c1F. The molecule has 2 saturated carbocycles. The van der Waals surface area contributed by atoms with Gasteiger partial charge >= 0.3 is 0 Å². The van der Waals surface area contributed by atoms with Crippen LogP contribution in [0.3, 0.4) is 0 Å². The smallest absolute Gasteiger partial charge is 0.174 e. The molecule has 0 nitrogen and oxygen atoms in total. The lowest BCUT2D eigenvalue weighted by Crippen LogP contribution is -2.30. The van der Waals surface area contributed by atoms with Crippen molar-refractivity contribution in [3.05, 3.63) is 95.1 Å². The summed E-state index contributed by atoms with van der Waals surface area (Å²) in [5.74, 6) is 7.32. The monoisotopic (exact) mass is 444 g/mol. The van der Waals surface area contributed by atoms with Gasteiger partial charge in [0.15, 0.2) is 11.6 Å². The van der Waals surface area contributed by atoms with E-state index in [0.29, 0.717) is 24.3 Å². The number of allylic oxidation sites excluding steroid dienone is 3. The summed E-state index contributed by atoms with van der Waals surface area (Å²) in [6.45, 7) is 5.76. The summed E-state index contributed by atoms with van der Waals surface area (Å²) in [7, 11) is 0. The topological polar surface area (TPSA) is 0 Å². The maximum atomic E-state index is 14.4. The van der Waals surface area contributed by atoms with Crippen molar-refractivity contribution < 1.29 is 8.78 Å². The number of hydrogen-bond donors (Lipinski definition) is 0. The first-order valence-electron chi connectivity index (χ1n) is 12.4. The van der Waals surface area contributed by atoms with E-state index in [-0.39, 0.29) is 5.56 Å². The third-order valence-corrected chi connectivity index (χ3v) is 7.62. The largest absolute Gasteiger partial charge is 0.203 e. The first kappa shape index (κ1) is 23.5. The number of benzene rings is 2. The van der Waals surface area contributed by atoms with E-state index in [2.05, 4.69) is 49.6 Å². The van der Waals surface area contributed by atoms with Crippen LogP contribution >= 0.6 is 0 Å². The fourth-order valence-corrected chi connectivity index (χ4v) is 5.79. The van der Waals surface area contributed by atoms with Crippen LogP contribution in [0.15, 0.2) is 61.2 Å². The van der Waals surface area contributed by atoms with Gasteiger partial charge in [-0.1, -0.05) is 48.3 Å². The highest BCUT2D eigenvalue weighted by Gasteiger charge is 2.35. The third-order valence-electron chi connectivity index (χ3n) is 7.62. The van der Waals surface area contributed by atoms with Gasteiger partial charge < -0.3 is 0 Å². The van der Waals surface area contributed by atoms with Crippen molar-refractivity contribution in [3.63, 3.8) is 0 Å². The zero-order chi connectivity index (χ0) is 23.2. The van der Waals surface area contributed by atoms with Crippen molar-refractivity contribution in [2.45, 2.75) is 64.2 Å². The van der Waals surface area contributed by atoms with Crippen LogP contribution in [-0.2, 0) is 6.42 Å². The summed E-state index contributed by atoms with van der Waals surface area (Å²) in [6.07, 6.45) is 15.3. The second-order valence-corrected chi connectivity index (χ2v) is 9.73. The van der Waals surface area contributed by atoms with Crippen LogP contribution in [0.5, 0.6) is 0 Å². The van der Waals surface area contributed by atoms with E-state index < -0.39 is 11.6 Å². The fourth-order valence-electron chi connectivity index (χ4n) is 5.79. The molecule has 4 rings (SSSR count). The molecule has 0 bridgehead atoms. The normalized spacial score (nSPS) is 24.7. The number of halogens is 2. The van der Waals surface area contributed by atoms with Crippen LogP contribution in [0.1, 0.15) is 80.0 Å². The van der Waals surface area contributed by atoms with E-state index in [1.54, 1.807) is 18.2 Å². The molecule has 0 amide bonds.